The fourth-order valence-electron chi connectivity index (χ4n) is 3.19. The minimum atomic E-state index is -0.299. The highest BCUT2D eigenvalue weighted by Gasteiger charge is 2.19. The van der Waals surface area contributed by atoms with Crippen molar-refractivity contribution in [1.29, 1.82) is 0 Å². The van der Waals surface area contributed by atoms with E-state index in [1.54, 1.807) is 24.3 Å². The molecule has 0 aliphatic heterocycles. The lowest BCUT2D eigenvalue weighted by atomic mass is 10.1. The minimum absolute atomic E-state index is 0.00366. The highest BCUT2D eigenvalue weighted by molar-refractivity contribution is 5.74. The Morgan fingerprint density at radius 1 is 0.969 bits per heavy atom. The van der Waals surface area contributed by atoms with Crippen molar-refractivity contribution in [2.75, 3.05) is 6.61 Å². The summed E-state index contributed by atoms with van der Waals surface area (Å²) in [5, 5.41) is 17.9. The maximum absolute atomic E-state index is 13.0. The molecule has 7 heteroatoms. The number of rotatable bonds is 8. The summed E-state index contributed by atoms with van der Waals surface area (Å²) < 4.78 is 30.5. The molecule has 0 saturated heterocycles. The van der Waals surface area contributed by atoms with Gasteiger partial charge in [0.15, 0.2) is 17.2 Å². The summed E-state index contributed by atoms with van der Waals surface area (Å²) in [7, 11) is 0. The Hall–Kier alpha value is -4.00. The Labute approximate surface area is 185 Å². The van der Waals surface area contributed by atoms with E-state index in [9.17, 15) is 9.50 Å². The number of aromatic nitrogens is 2. The summed E-state index contributed by atoms with van der Waals surface area (Å²) in [5.41, 5.74) is 2.49. The molecule has 2 N–H and O–H groups in total. The number of hydrogen-bond acceptors (Lipinski definition) is 5. The lowest BCUT2D eigenvalue weighted by molar-refractivity contribution is 0.304. The fourth-order valence-corrected chi connectivity index (χ4v) is 3.19. The van der Waals surface area contributed by atoms with E-state index in [2.05, 4.69) is 10.2 Å². The predicted molar refractivity (Wildman–Crippen MR) is 119 cm³/mol. The van der Waals surface area contributed by atoms with Crippen molar-refractivity contribution < 1.29 is 23.7 Å². The van der Waals surface area contributed by atoms with Crippen LogP contribution in [-0.4, -0.2) is 21.9 Å². The second-order valence-electron chi connectivity index (χ2n) is 7.10. The van der Waals surface area contributed by atoms with Gasteiger partial charge in [0.2, 0.25) is 0 Å². The number of phenolic OH excluding ortho intramolecular Hbond substituents is 1. The quantitative estimate of drug-likeness (QED) is 0.356. The van der Waals surface area contributed by atoms with Gasteiger partial charge in [-0.15, -0.1) is 0 Å². The van der Waals surface area contributed by atoms with Gasteiger partial charge in [-0.1, -0.05) is 24.3 Å². The summed E-state index contributed by atoms with van der Waals surface area (Å²) in [6.07, 6.45) is 0. The largest absolute Gasteiger partial charge is 0.507 e. The van der Waals surface area contributed by atoms with Gasteiger partial charge in [-0.25, -0.2) is 4.39 Å². The van der Waals surface area contributed by atoms with Gasteiger partial charge < -0.3 is 19.3 Å². The van der Waals surface area contributed by atoms with Crippen LogP contribution in [0.3, 0.4) is 0 Å². The van der Waals surface area contributed by atoms with E-state index in [0.717, 1.165) is 5.56 Å². The first kappa shape index (κ1) is 21.2. The van der Waals surface area contributed by atoms with Crippen LogP contribution in [0, 0.1) is 12.7 Å². The zero-order chi connectivity index (χ0) is 22.5. The Morgan fingerprint density at radius 3 is 2.44 bits per heavy atom. The normalized spacial score (nSPS) is 10.7. The number of aromatic hydroxyl groups is 1. The van der Waals surface area contributed by atoms with Gasteiger partial charge in [0.05, 0.1) is 12.3 Å². The van der Waals surface area contributed by atoms with Crippen molar-refractivity contribution in [2.45, 2.75) is 20.5 Å². The second-order valence-corrected chi connectivity index (χ2v) is 7.10. The number of nitrogens with zero attached hydrogens (tertiary/aromatic N) is 1. The first-order chi connectivity index (χ1) is 15.5. The summed E-state index contributed by atoms with van der Waals surface area (Å²) in [6, 6.07) is 18.4. The molecule has 164 valence electrons. The van der Waals surface area contributed by atoms with Gasteiger partial charge in [-0.3, -0.25) is 5.10 Å². The van der Waals surface area contributed by atoms with Gasteiger partial charge in [0.25, 0.3) is 0 Å². The number of para-hydroxylation sites is 2. The number of hydrogen-bond donors (Lipinski definition) is 2. The highest BCUT2D eigenvalue weighted by atomic mass is 19.1. The average molecular weight is 434 g/mol. The van der Waals surface area contributed by atoms with E-state index in [0.29, 0.717) is 46.6 Å². The van der Waals surface area contributed by atoms with Crippen LogP contribution in [-0.2, 0) is 6.61 Å². The molecule has 1 aromatic heterocycles. The zero-order valence-corrected chi connectivity index (χ0v) is 17.8. The van der Waals surface area contributed by atoms with E-state index < -0.39 is 0 Å². The molecular formula is C25H23FN2O4. The molecule has 0 atom stereocenters. The standard InChI is InChI=1S/C25H23FN2O4/c1-3-30-22-6-4-5-7-23(22)32-25-16(2)27-28-24(25)20-13-12-19(14-21(20)29)31-15-17-8-10-18(26)11-9-17/h4-14,29H,3,15H2,1-2H3,(H,27,28). The third kappa shape index (κ3) is 4.67. The molecule has 32 heavy (non-hydrogen) atoms. The number of aryl methyl sites for hydroxylation is 1. The van der Waals surface area contributed by atoms with Gasteiger partial charge in [0.1, 0.15) is 29.6 Å². The van der Waals surface area contributed by atoms with Crippen molar-refractivity contribution in [3.63, 3.8) is 0 Å². The molecular weight excluding hydrogens is 411 g/mol. The lowest BCUT2D eigenvalue weighted by Crippen LogP contribution is -1.96. The summed E-state index contributed by atoms with van der Waals surface area (Å²) in [5.74, 6) is 1.84. The zero-order valence-electron chi connectivity index (χ0n) is 17.8. The van der Waals surface area contributed by atoms with Crippen LogP contribution in [0.1, 0.15) is 18.2 Å². The van der Waals surface area contributed by atoms with E-state index in [1.165, 1.54) is 18.2 Å². The third-order valence-corrected chi connectivity index (χ3v) is 4.80. The van der Waals surface area contributed by atoms with E-state index in [-0.39, 0.29) is 18.2 Å². The molecule has 0 radical (unpaired) electrons. The SMILES string of the molecule is CCOc1ccccc1Oc1c(-c2ccc(OCc3ccc(F)cc3)cc2O)n[nH]c1C. The maximum atomic E-state index is 13.0. The number of aromatic amines is 1. The van der Waals surface area contributed by atoms with E-state index in [4.69, 9.17) is 14.2 Å². The Morgan fingerprint density at radius 2 is 1.72 bits per heavy atom. The molecule has 0 spiro atoms. The number of halogens is 1. The molecule has 1 heterocycles. The number of H-pyrrole nitrogens is 1. The van der Waals surface area contributed by atoms with Crippen molar-refractivity contribution in [3.05, 3.63) is 83.8 Å². The van der Waals surface area contributed by atoms with Crippen LogP contribution in [0.15, 0.2) is 66.7 Å². The second kappa shape index (κ2) is 9.43. The van der Waals surface area contributed by atoms with Crippen molar-refractivity contribution in [2.24, 2.45) is 0 Å². The van der Waals surface area contributed by atoms with Crippen LogP contribution in [0.5, 0.6) is 28.7 Å². The summed E-state index contributed by atoms with van der Waals surface area (Å²) in [4.78, 5) is 0. The van der Waals surface area contributed by atoms with Gasteiger partial charge in [0, 0.05) is 11.6 Å². The first-order valence-electron chi connectivity index (χ1n) is 10.2. The predicted octanol–water partition coefficient (Wildman–Crippen LogP) is 6.00. The number of benzene rings is 3. The molecule has 4 aromatic rings. The molecule has 0 unspecified atom stereocenters. The summed E-state index contributed by atoms with van der Waals surface area (Å²) >= 11 is 0. The fraction of sp³-hybridized carbons (Fsp3) is 0.160. The summed E-state index contributed by atoms with van der Waals surface area (Å²) in [6.45, 7) is 4.51. The first-order valence-corrected chi connectivity index (χ1v) is 10.2. The van der Waals surface area contributed by atoms with Crippen LogP contribution in [0.4, 0.5) is 4.39 Å². The number of phenols is 1. The van der Waals surface area contributed by atoms with Crippen molar-refractivity contribution in [1.82, 2.24) is 10.2 Å². The Kier molecular flexibility index (Phi) is 6.26. The molecule has 0 fully saturated rings. The van der Waals surface area contributed by atoms with E-state index in [1.807, 2.05) is 38.1 Å². The average Bonchev–Trinajstić information content (AvgIpc) is 3.15. The molecule has 4 rings (SSSR count). The van der Waals surface area contributed by atoms with Crippen LogP contribution in [0.25, 0.3) is 11.3 Å². The Bertz CT molecular complexity index is 1210. The van der Waals surface area contributed by atoms with Crippen LogP contribution >= 0.6 is 0 Å². The van der Waals surface area contributed by atoms with Gasteiger partial charge in [-0.05, 0) is 55.8 Å². The van der Waals surface area contributed by atoms with Gasteiger partial charge >= 0.3 is 0 Å². The third-order valence-electron chi connectivity index (χ3n) is 4.80. The highest BCUT2D eigenvalue weighted by Crippen LogP contribution is 2.41. The Balaban J connectivity index is 1.56. The molecule has 0 saturated carbocycles. The smallest absolute Gasteiger partial charge is 0.176 e. The maximum Gasteiger partial charge on any atom is 0.176 e. The molecule has 6 nitrogen and oxygen atoms in total. The monoisotopic (exact) mass is 434 g/mol. The molecule has 0 amide bonds. The van der Waals surface area contributed by atoms with Crippen LogP contribution < -0.4 is 14.2 Å². The topological polar surface area (TPSA) is 76.6 Å². The molecule has 3 aromatic carbocycles. The molecule has 0 aliphatic rings. The van der Waals surface area contributed by atoms with Crippen molar-refractivity contribution in [3.8, 4) is 40.0 Å². The number of ether oxygens (including phenoxy) is 3. The lowest BCUT2D eigenvalue weighted by Gasteiger charge is -2.13. The van der Waals surface area contributed by atoms with E-state index >= 15 is 0 Å². The van der Waals surface area contributed by atoms with Crippen molar-refractivity contribution >= 4 is 0 Å². The minimum Gasteiger partial charge on any atom is -0.507 e. The number of nitrogens with one attached hydrogen (secondary N) is 1. The van der Waals surface area contributed by atoms with Gasteiger partial charge in [-0.2, -0.15) is 5.10 Å². The molecule has 0 bridgehead atoms. The molecule has 0 aliphatic carbocycles. The van der Waals surface area contributed by atoms with Crippen LogP contribution in [0.2, 0.25) is 0 Å².